The average molecular weight is 401 g/mol. The second-order valence-electron chi connectivity index (χ2n) is 6.49. The molecule has 1 aliphatic rings. The maximum absolute atomic E-state index is 13.3. The van der Waals surface area contributed by atoms with Gasteiger partial charge in [-0.15, -0.1) is 0 Å². The van der Waals surface area contributed by atoms with Crippen molar-refractivity contribution in [3.05, 3.63) is 35.6 Å². The van der Waals surface area contributed by atoms with Gasteiger partial charge in [0, 0.05) is 32.4 Å². The fourth-order valence-electron chi connectivity index (χ4n) is 2.88. The summed E-state index contributed by atoms with van der Waals surface area (Å²) >= 11 is 0. The van der Waals surface area contributed by atoms with Crippen molar-refractivity contribution < 1.29 is 17.5 Å². The van der Waals surface area contributed by atoms with Gasteiger partial charge in [-0.25, -0.2) is 12.8 Å². The van der Waals surface area contributed by atoms with Crippen LogP contribution in [0.5, 0.6) is 0 Å². The van der Waals surface area contributed by atoms with Crippen LogP contribution < -0.4 is 10.6 Å². The Morgan fingerprint density at radius 2 is 1.93 bits per heavy atom. The summed E-state index contributed by atoms with van der Waals surface area (Å²) in [4.78, 5) is 6.91. The molecule has 1 saturated heterocycles. The molecule has 9 heteroatoms. The van der Waals surface area contributed by atoms with E-state index in [4.69, 9.17) is 4.74 Å². The monoisotopic (exact) mass is 400 g/mol. The lowest BCUT2D eigenvalue weighted by Gasteiger charge is -2.34. The Labute approximate surface area is 160 Å². The minimum absolute atomic E-state index is 0.000126. The summed E-state index contributed by atoms with van der Waals surface area (Å²) in [5.74, 6) is 0.350. The Bertz CT molecular complexity index is 704. The van der Waals surface area contributed by atoms with Gasteiger partial charge in [0.25, 0.3) is 0 Å². The summed E-state index contributed by atoms with van der Waals surface area (Å²) in [5, 5.41) is 6.18. The first-order chi connectivity index (χ1) is 12.9. The van der Waals surface area contributed by atoms with Crippen molar-refractivity contribution in [1.82, 2.24) is 15.5 Å². The quantitative estimate of drug-likeness (QED) is 0.496. The van der Waals surface area contributed by atoms with Crippen molar-refractivity contribution in [2.24, 2.45) is 4.99 Å². The van der Waals surface area contributed by atoms with E-state index in [9.17, 15) is 12.8 Å². The standard InChI is InChI=1S/C18H29FN4O3S/c1-3-20-18(21-8-13-27(2,24)25)22-14-17(23-9-11-26-12-10-23)15-4-6-16(19)7-5-15/h4-7,17H,3,8-14H2,1-2H3,(H2,20,21,22). The van der Waals surface area contributed by atoms with E-state index in [1.165, 1.54) is 18.4 Å². The van der Waals surface area contributed by atoms with Crippen LogP contribution in [0.2, 0.25) is 0 Å². The molecule has 0 spiro atoms. The van der Waals surface area contributed by atoms with Crippen LogP contribution in [0.3, 0.4) is 0 Å². The van der Waals surface area contributed by atoms with Crippen molar-refractivity contribution in [2.45, 2.75) is 13.0 Å². The zero-order valence-electron chi connectivity index (χ0n) is 15.9. The molecule has 0 bridgehead atoms. The van der Waals surface area contributed by atoms with E-state index in [1.54, 1.807) is 12.1 Å². The number of rotatable bonds is 8. The Balaban J connectivity index is 2.10. The first kappa shape index (κ1) is 21.6. The zero-order chi connectivity index (χ0) is 19.7. The maximum atomic E-state index is 13.3. The molecular formula is C18H29FN4O3S. The van der Waals surface area contributed by atoms with Crippen LogP contribution in [0, 0.1) is 5.82 Å². The van der Waals surface area contributed by atoms with E-state index < -0.39 is 9.84 Å². The molecule has 152 valence electrons. The van der Waals surface area contributed by atoms with E-state index in [1.807, 2.05) is 6.92 Å². The van der Waals surface area contributed by atoms with Crippen LogP contribution in [0.15, 0.2) is 29.3 Å². The molecule has 1 aromatic rings. The van der Waals surface area contributed by atoms with Crippen LogP contribution in [-0.2, 0) is 14.6 Å². The summed E-state index contributed by atoms with van der Waals surface area (Å²) in [6.07, 6.45) is 1.21. The minimum Gasteiger partial charge on any atom is -0.379 e. The molecular weight excluding hydrogens is 371 g/mol. The van der Waals surface area contributed by atoms with Crippen molar-refractivity contribution >= 4 is 15.8 Å². The van der Waals surface area contributed by atoms with Gasteiger partial charge < -0.3 is 15.4 Å². The lowest BCUT2D eigenvalue weighted by molar-refractivity contribution is 0.0179. The summed E-state index contributed by atoms with van der Waals surface area (Å²) in [5.41, 5.74) is 0.994. The van der Waals surface area contributed by atoms with Gasteiger partial charge in [0.2, 0.25) is 0 Å². The first-order valence-corrected chi connectivity index (χ1v) is 11.2. The molecule has 1 unspecified atom stereocenters. The van der Waals surface area contributed by atoms with Crippen molar-refractivity contribution in [1.29, 1.82) is 0 Å². The molecule has 1 aromatic carbocycles. The fourth-order valence-corrected chi connectivity index (χ4v) is 3.35. The predicted molar refractivity (Wildman–Crippen MR) is 105 cm³/mol. The number of halogens is 1. The number of hydrogen-bond donors (Lipinski definition) is 2. The van der Waals surface area contributed by atoms with Crippen LogP contribution in [0.1, 0.15) is 18.5 Å². The summed E-state index contributed by atoms with van der Waals surface area (Å²) in [6.45, 7) is 6.29. The second kappa shape index (κ2) is 10.6. The largest absolute Gasteiger partial charge is 0.379 e. The summed E-state index contributed by atoms with van der Waals surface area (Å²) in [7, 11) is -3.03. The van der Waals surface area contributed by atoms with Gasteiger partial charge in [-0.05, 0) is 24.6 Å². The number of morpholine rings is 1. The third-order valence-corrected chi connectivity index (χ3v) is 5.22. The number of ether oxygens (including phenoxy) is 1. The molecule has 2 rings (SSSR count). The van der Waals surface area contributed by atoms with Gasteiger partial charge in [0.05, 0.1) is 31.6 Å². The Hall–Kier alpha value is -1.71. The highest BCUT2D eigenvalue weighted by Crippen LogP contribution is 2.22. The highest BCUT2D eigenvalue weighted by Gasteiger charge is 2.22. The van der Waals surface area contributed by atoms with E-state index in [-0.39, 0.29) is 17.6 Å². The second-order valence-corrected chi connectivity index (χ2v) is 8.75. The number of guanidine groups is 1. The van der Waals surface area contributed by atoms with Crippen molar-refractivity contribution in [2.75, 3.05) is 57.9 Å². The van der Waals surface area contributed by atoms with Crippen LogP contribution in [0.25, 0.3) is 0 Å². The molecule has 0 saturated carbocycles. The van der Waals surface area contributed by atoms with E-state index in [2.05, 4.69) is 20.5 Å². The van der Waals surface area contributed by atoms with Crippen molar-refractivity contribution in [3.63, 3.8) is 0 Å². The summed E-state index contributed by atoms with van der Waals surface area (Å²) < 4.78 is 41.4. The third kappa shape index (κ3) is 7.82. The number of nitrogens with one attached hydrogen (secondary N) is 2. The molecule has 0 amide bonds. The molecule has 2 N–H and O–H groups in total. The topological polar surface area (TPSA) is 83.0 Å². The molecule has 0 aromatic heterocycles. The van der Waals surface area contributed by atoms with Gasteiger partial charge in [-0.3, -0.25) is 9.89 Å². The van der Waals surface area contributed by atoms with E-state index in [0.717, 1.165) is 18.7 Å². The lowest BCUT2D eigenvalue weighted by atomic mass is 10.0. The smallest absolute Gasteiger partial charge is 0.191 e. The first-order valence-electron chi connectivity index (χ1n) is 9.16. The maximum Gasteiger partial charge on any atom is 0.191 e. The van der Waals surface area contributed by atoms with Crippen LogP contribution in [-0.4, -0.2) is 77.2 Å². The average Bonchev–Trinajstić information content (AvgIpc) is 2.63. The predicted octanol–water partition coefficient (Wildman–Crippen LogP) is 0.799. The molecule has 1 atom stereocenters. The lowest BCUT2D eigenvalue weighted by Crippen LogP contribution is -2.42. The fraction of sp³-hybridized carbons (Fsp3) is 0.611. The highest BCUT2D eigenvalue weighted by atomic mass is 32.2. The third-order valence-electron chi connectivity index (χ3n) is 4.27. The molecule has 27 heavy (non-hydrogen) atoms. The Morgan fingerprint density at radius 1 is 1.26 bits per heavy atom. The van der Waals surface area contributed by atoms with Crippen LogP contribution in [0.4, 0.5) is 4.39 Å². The molecule has 7 nitrogen and oxygen atoms in total. The van der Waals surface area contributed by atoms with Gasteiger partial charge >= 0.3 is 0 Å². The number of sulfone groups is 1. The Morgan fingerprint density at radius 3 is 2.52 bits per heavy atom. The SMILES string of the molecule is CCNC(=NCC(c1ccc(F)cc1)N1CCOCC1)NCCS(C)(=O)=O. The molecule has 0 radical (unpaired) electrons. The Kier molecular flexibility index (Phi) is 8.46. The molecule has 0 aliphatic carbocycles. The van der Waals surface area contributed by atoms with Gasteiger partial charge in [0.15, 0.2) is 5.96 Å². The minimum atomic E-state index is -3.03. The van der Waals surface area contributed by atoms with E-state index >= 15 is 0 Å². The highest BCUT2D eigenvalue weighted by molar-refractivity contribution is 7.90. The van der Waals surface area contributed by atoms with Gasteiger partial charge in [0.1, 0.15) is 15.7 Å². The number of nitrogens with zero attached hydrogens (tertiary/aromatic N) is 2. The zero-order valence-corrected chi connectivity index (χ0v) is 16.8. The number of benzene rings is 1. The molecule has 1 fully saturated rings. The van der Waals surface area contributed by atoms with E-state index in [0.29, 0.717) is 38.8 Å². The van der Waals surface area contributed by atoms with Crippen LogP contribution >= 0.6 is 0 Å². The number of hydrogen-bond acceptors (Lipinski definition) is 5. The van der Waals surface area contributed by atoms with Crippen molar-refractivity contribution in [3.8, 4) is 0 Å². The van der Waals surface area contributed by atoms with Gasteiger partial charge in [-0.1, -0.05) is 12.1 Å². The normalized spacial score (nSPS) is 17.5. The van der Waals surface area contributed by atoms with Gasteiger partial charge in [-0.2, -0.15) is 0 Å². The molecule has 1 heterocycles. The summed E-state index contributed by atoms with van der Waals surface area (Å²) in [6, 6.07) is 6.49. The molecule has 1 aliphatic heterocycles. The number of aliphatic imine (C=N–C) groups is 1.